The molecular formula is C24H31F3N2O2. The van der Waals surface area contributed by atoms with E-state index in [4.69, 9.17) is 9.84 Å². The first kappa shape index (κ1) is 24.9. The molecule has 1 atom stereocenters. The lowest BCUT2D eigenvalue weighted by molar-refractivity contribution is -0.187. The second-order valence-corrected chi connectivity index (χ2v) is 7.53. The lowest BCUT2D eigenvalue weighted by atomic mass is 10.1. The standard InChI is InChI=1S/C24H31F3N2O2/c1-2-3-4-5-6-7-8-9-16-31-21-17-28-23(29-18-21)20-13-10-19(11-14-20)12-15-22(30)24(25,26)27/h10-15,17-18,22,30H,2-9,16H2,1H3/b15-12+. The summed E-state index contributed by atoms with van der Waals surface area (Å²) in [5.74, 6) is 1.12. The van der Waals surface area contributed by atoms with E-state index in [0.717, 1.165) is 18.4 Å². The van der Waals surface area contributed by atoms with Gasteiger partial charge in [0.2, 0.25) is 0 Å². The third-order valence-electron chi connectivity index (χ3n) is 4.87. The van der Waals surface area contributed by atoms with Gasteiger partial charge in [0.15, 0.2) is 17.7 Å². The van der Waals surface area contributed by atoms with Crippen molar-refractivity contribution in [2.24, 2.45) is 0 Å². The Morgan fingerprint density at radius 2 is 1.52 bits per heavy atom. The molecule has 7 heteroatoms. The predicted molar refractivity (Wildman–Crippen MR) is 117 cm³/mol. The topological polar surface area (TPSA) is 55.2 Å². The lowest BCUT2D eigenvalue weighted by Crippen LogP contribution is -2.25. The van der Waals surface area contributed by atoms with Crippen LogP contribution in [-0.4, -0.2) is 34.0 Å². The fourth-order valence-corrected chi connectivity index (χ4v) is 3.02. The fourth-order valence-electron chi connectivity index (χ4n) is 3.02. The van der Waals surface area contributed by atoms with Crippen molar-refractivity contribution in [3.8, 4) is 17.1 Å². The van der Waals surface area contributed by atoms with Gasteiger partial charge < -0.3 is 9.84 Å². The number of hydrogen-bond acceptors (Lipinski definition) is 4. The van der Waals surface area contributed by atoms with Crippen molar-refractivity contribution in [3.63, 3.8) is 0 Å². The van der Waals surface area contributed by atoms with Gasteiger partial charge in [0, 0.05) is 5.56 Å². The minimum Gasteiger partial charge on any atom is -0.490 e. The van der Waals surface area contributed by atoms with Crippen molar-refractivity contribution in [1.82, 2.24) is 9.97 Å². The minimum absolute atomic E-state index is 0.505. The number of aliphatic hydroxyl groups excluding tert-OH is 1. The average Bonchev–Trinajstić information content (AvgIpc) is 2.76. The molecule has 2 aromatic rings. The smallest absolute Gasteiger partial charge is 0.417 e. The Bertz CT molecular complexity index is 775. The van der Waals surface area contributed by atoms with Gasteiger partial charge in [0.25, 0.3) is 0 Å². The lowest BCUT2D eigenvalue weighted by Gasteiger charge is -2.09. The van der Waals surface area contributed by atoms with Gasteiger partial charge in [-0.3, -0.25) is 0 Å². The maximum absolute atomic E-state index is 12.3. The second-order valence-electron chi connectivity index (χ2n) is 7.53. The van der Waals surface area contributed by atoms with Gasteiger partial charge in [0.1, 0.15) is 0 Å². The van der Waals surface area contributed by atoms with Gasteiger partial charge in [0.05, 0.1) is 19.0 Å². The summed E-state index contributed by atoms with van der Waals surface area (Å²) in [7, 11) is 0. The second kappa shape index (κ2) is 13.1. The Kier molecular flexibility index (Phi) is 10.5. The highest BCUT2D eigenvalue weighted by atomic mass is 19.4. The van der Waals surface area contributed by atoms with Crippen LogP contribution in [0.1, 0.15) is 63.9 Å². The highest BCUT2D eigenvalue weighted by Crippen LogP contribution is 2.22. The summed E-state index contributed by atoms with van der Waals surface area (Å²) in [5, 5.41) is 9.01. The Morgan fingerprint density at radius 1 is 0.935 bits per heavy atom. The molecule has 31 heavy (non-hydrogen) atoms. The Hall–Kier alpha value is -2.41. The molecule has 1 heterocycles. The zero-order chi connectivity index (χ0) is 22.5. The van der Waals surface area contributed by atoms with E-state index < -0.39 is 12.3 Å². The minimum atomic E-state index is -4.66. The van der Waals surface area contributed by atoms with E-state index in [1.165, 1.54) is 44.6 Å². The molecule has 0 saturated heterocycles. The van der Waals surface area contributed by atoms with Crippen LogP contribution in [0.15, 0.2) is 42.7 Å². The maximum atomic E-state index is 12.3. The molecule has 0 aliphatic heterocycles. The molecule has 1 N–H and O–H groups in total. The number of halogens is 3. The van der Waals surface area contributed by atoms with Crippen LogP contribution in [0.5, 0.6) is 5.75 Å². The van der Waals surface area contributed by atoms with Crippen LogP contribution in [0, 0.1) is 0 Å². The van der Waals surface area contributed by atoms with Crippen molar-refractivity contribution in [3.05, 3.63) is 48.3 Å². The van der Waals surface area contributed by atoms with Crippen molar-refractivity contribution < 1.29 is 23.0 Å². The molecule has 0 amide bonds. The van der Waals surface area contributed by atoms with Crippen molar-refractivity contribution in [2.45, 2.75) is 70.6 Å². The average molecular weight is 437 g/mol. The Morgan fingerprint density at radius 3 is 2.10 bits per heavy atom. The molecule has 0 radical (unpaired) electrons. The van der Waals surface area contributed by atoms with Gasteiger partial charge in [-0.05, 0) is 18.1 Å². The van der Waals surface area contributed by atoms with E-state index in [2.05, 4.69) is 16.9 Å². The van der Waals surface area contributed by atoms with E-state index in [-0.39, 0.29) is 0 Å². The summed E-state index contributed by atoms with van der Waals surface area (Å²) >= 11 is 0. The molecular weight excluding hydrogens is 405 g/mol. The molecule has 170 valence electrons. The zero-order valence-electron chi connectivity index (χ0n) is 17.9. The normalized spacial score (nSPS) is 12.9. The molecule has 1 aromatic carbocycles. The molecule has 0 bridgehead atoms. The van der Waals surface area contributed by atoms with Gasteiger partial charge in [-0.2, -0.15) is 13.2 Å². The van der Waals surface area contributed by atoms with Crippen LogP contribution in [0.3, 0.4) is 0 Å². The molecule has 0 aliphatic rings. The first-order valence-corrected chi connectivity index (χ1v) is 10.9. The van der Waals surface area contributed by atoms with Crippen LogP contribution in [0.4, 0.5) is 13.2 Å². The van der Waals surface area contributed by atoms with Crippen LogP contribution < -0.4 is 4.74 Å². The van der Waals surface area contributed by atoms with Crippen LogP contribution in [-0.2, 0) is 0 Å². The monoisotopic (exact) mass is 436 g/mol. The quantitative estimate of drug-likeness (QED) is 0.360. The number of unbranched alkanes of at least 4 members (excludes halogenated alkanes) is 7. The summed E-state index contributed by atoms with van der Waals surface area (Å²) in [4.78, 5) is 8.60. The van der Waals surface area contributed by atoms with Crippen molar-refractivity contribution in [2.75, 3.05) is 6.61 Å². The molecule has 1 aromatic heterocycles. The number of hydrogen-bond donors (Lipinski definition) is 1. The molecule has 4 nitrogen and oxygen atoms in total. The predicted octanol–water partition coefficient (Wildman–Crippen LogP) is 6.60. The first-order valence-electron chi connectivity index (χ1n) is 10.9. The van der Waals surface area contributed by atoms with E-state index in [9.17, 15) is 13.2 Å². The third kappa shape index (κ3) is 9.51. The van der Waals surface area contributed by atoms with E-state index >= 15 is 0 Å². The number of rotatable bonds is 13. The number of aromatic nitrogens is 2. The van der Waals surface area contributed by atoms with Gasteiger partial charge in [-0.25, -0.2) is 9.97 Å². The van der Waals surface area contributed by atoms with E-state index in [0.29, 0.717) is 29.8 Å². The highest BCUT2D eigenvalue weighted by molar-refractivity contribution is 5.59. The first-order chi connectivity index (χ1) is 14.9. The fraction of sp³-hybridized carbons (Fsp3) is 0.500. The molecule has 0 spiro atoms. The largest absolute Gasteiger partial charge is 0.490 e. The highest BCUT2D eigenvalue weighted by Gasteiger charge is 2.36. The third-order valence-corrected chi connectivity index (χ3v) is 4.87. The van der Waals surface area contributed by atoms with Crippen LogP contribution >= 0.6 is 0 Å². The Labute approximate surface area is 182 Å². The zero-order valence-corrected chi connectivity index (χ0v) is 17.9. The molecule has 2 rings (SSSR count). The van der Waals surface area contributed by atoms with Gasteiger partial charge >= 0.3 is 6.18 Å². The molecule has 0 saturated carbocycles. The van der Waals surface area contributed by atoms with Crippen LogP contribution in [0.25, 0.3) is 17.5 Å². The number of nitrogens with zero attached hydrogens (tertiary/aromatic N) is 2. The van der Waals surface area contributed by atoms with Gasteiger partial charge in [-0.1, -0.05) is 82.2 Å². The molecule has 0 aliphatic carbocycles. The summed E-state index contributed by atoms with van der Waals surface area (Å²) in [6.07, 6.45) is 7.98. The number of alkyl halides is 3. The van der Waals surface area contributed by atoms with E-state index in [1.54, 1.807) is 36.7 Å². The molecule has 0 fully saturated rings. The van der Waals surface area contributed by atoms with E-state index in [1.807, 2.05) is 0 Å². The van der Waals surface area contributed by atoms with Crippen LogP contribution in [0.2, 0.25) is 0 Å². The summed E-state index contributed by atoms with van der Waals surface area (Å²) in [5.41, 5.74) is 1.28. The summed E-state index contributed by atoms with van der Waals surface area (Å²) in [6.45, 7) is 2.86. The van der Waals surface area contributed by atoms with Gasteiger partial charge in [-0.15, -0.1) is 0 Å². The van der Waals surface area contributed by atoms with Crippen molar-refractivity contribution >= 4 is 6.08 Å². The number of ether oxygens (including phenoxy) is 1. The van der Waals surface area contributed by atoms with Crippen molar-refractivity contribution in [1.29, 1.82) is 0 Å². The Balaban J connectivity index is 1.74. The molecule has 1 unspecified atom stereocenters. The summed E-state index contributed by atoms with van der Waals surface area (Å²) < 4.78 is 42.7. The SMILES string of the molecule is CCCCCCCCCCOc1cnc(-c2ccc(/C=C/C(O)C(F)(F)F)cc2)nc1. The number of benzene rings is 1. The number of aliphatic hydroxyl groups is 1. The summed E-state index contributed by atoms with van der Waals surface area (Å²) in [6, 6.07) is 6.72. The maximum Gasteiger partial charge on any atom is 0.417 e.